The highest BCUT2D eigenvalue weighted by atomic mass is 32.2. The fraction of sp³-hybridized carbons (Fsp3) is 0.250. The lowest BCUT2D eigenvalue weighted by Gasteiger charge is -2.34. The molecule has 3 fully saturated rings. The molecule has 4 aromatic rings. The quantitative estimate of drug-likeness (QED) is 0.284. The Morgan fingerprint density at radius 1 is 0.614 bits per heavy atom. The summed E-state index contributed by atoms with van der Waals surface area (Å²) in [6.07, 6.45) is -1.76. The minimum Gasteiger partial charge on any atom is -0.355 e. The van der Waals surface area contributed by atoms with E-state index in [9.17, 15) is 16.8 Å². The fourth-order valence-electron chi connectivity index (χ4n) is 6.41. The van der Waals surface area contributed by atoms with E-state index in [-0.39, 0.29) is 16.4 Å². The van der Waals surface area contributed by atoms with Gasteiger partial charge in [0.25, 0.3) is 20.0 Å². The molecule has 0 saturated carbocycles. The SMILES string of the molecule is C[C@@]1(c2ccccc2NS(=O)(=O)c2ccccc2)O[C@H]2CO[C@@H]3N2[C@H]1O[C@]3(C)c1ccccc1NS(=O)(=O)c1ccccc1. The Bertz CT molecular complexity index is 1810. The second kappa shape index (κ2) is 10.4. The third-order valence-electron chi connectivity index (χ3n) is 8.47. The molecule has 228 valence electrons. The molecule has 4 aromatic carbocycles. The fourth-order valence-corrected chi connectivity index (χ4v) is 8.61. The van der Waals surface area contributed by atoms with E-state index in [1.54, 1.807) is 60.7 Å². The Balaban J connectivity index is 1.25. The maximum absolute atomic E-state index is 13.3. The zero-order chi connectivity index (χ0) is 30.7. The zero-order valence-electron chi connectivity index (χ0n) is 24.0. The van der Waals surface area contributed by atoms with Crippen LogP contribution in [0.1, 0.15) is 25.0 Å². The molecule has 0 amide bonds. The van der Waals surface area contributed by atoms with Gasteiger partial charge in [0.1, 0.15) is 29.9 Å². The van der Waals surface area contributed by atoms with Crippen molar-refractivity contribution in [3.8, 4) is 0 Å². The molecule has 7 rings (SSSR count). The van der Waals surface area contributed by atoms with Gasteiger partial charge in [-0.1, -0.05) is 72.8 Å². The summed E-state index contributed by atoms with van der Waals surface area (Å²) in [4.78, 5) is 2.28. The highest BCUT2D eigenvalue weighted by Gasteiger charge is 2.69. The Labute approximate surface area is 256 Å². The first-order valence-electron chi connectivity index (χ1n) is 14.1. The largest absolute Gasteiger partial charge is 0.355 e. The number of anilines is 2. The van der Waals surface area contributed by atoms with Crippen LogP contribution >= 0.6 is 0 Å². The molecule has 0 aromatic heterocycles. The number of rotatable bonds is 8. The predicted molar refractivity (Wildman–Crippen MR) is 163 cm³/mol. The summed E-state index contributed by atoms with van der Waals surface area (Å²) in [5.41, 5.74) is -0.298. The summed E-state index contributed by atoms with van der Waals surface area (Å²) in [7, 11) is -7.77. The first-order valence-corrected chi connectivity index (χ1v) is 17.1. The first kappa shape index (κ1) is 29.0. The Hall–Kier alpha value is -3.78. The molecule has 3 aliphatic rings. The minimum atomic E-state index is -3.89. The molecule has 44 heavy (non-hydrogen) atoms. The lowest BCUT2D eigenvalue weighted by Crippen LogP contribution is -2.41. The average molecular weight is 634 g/mol. The van der Waals surface area contributed by atoms with Crippen molar-refractivity contribution in [2.45, 2.75) is 53.5 Å². The van der Waals surface area contributed by atoms with Crippen LogP contribution in [0.3, 0.4) is 0 Å². The third kappa shape index (κ3) is 4.61. The smallest absolute Gasteiger partial charge is 0.261 e. The van der Waals surface area contributed by atoms with E-state index >= 15 is 0 Å². The van der Waals surface area contributed by atoms with E-state index in [4.69, 9.17) is 14.2 Å². The molecular formula is C32H31N3O7S2. The van der Waals surface area contributed by atoms with Gasteiger partial charge in [-0.3, -0.25) is 9.44 Å². The van der Waals surface area contributed by atoms with Crippen LogP contribution in [0.4, 0.5) is 11.4 Å². The van der Waals surface area contributed by atoms with Crippen molar-refractivity contribution in [2.75, 3.05) is 16.1 Å². The summed E-state index contributed by atoms with van der Waals surface area (Å²) in [6, 6.07) is 30.5. The van der Waals surface area contributed by atoms with Crippen molar-refractivity contribution in [2.24, 2.45) is 0 Å². The van der Waals surface area contributed by atoms with Crippen LogP contribution in [0, 0.1) is 0 Å². The van der Waals surface area contributed by atoms with Crippen molar-refractivity contribution in [1.82, 2.24) is 4.90 Å². The lowest BCUT2D eigenvalue weighted by atomic mass is 9.92. The number of para-hydroxylation sites is 2. The summed E-state index contributed by atoms with van der Waals surface area (Å²) >= 11 is 0. The summed E-state index contributed by atoms with van der Waals surface area (Å²) < 4.78 is 78.4. The minimum absolute atomic E-state index is 0.139. The number of hydrogen-bond donors (Lipinski definition) is 2. The molecular weight excluding hydrogens is 603 g/mol. The van der Waals surface area contributed by atoms with Gasteiger partial charge in [0.15, 0.2) is 0 Å². The maximum Gasteiger partial charge on any atom is 0.261 e. The van der Waals surface area contributed by atoms with Crippen LogP contribution in [-0.2, 0) is 45.5 Å². The highest BCUT2D eigenvalue weighted by molar-refractivity contribution is 7.93. The van der Waals surface area contributed by atoms with Gasteiger partial charge in [0, 0.05) is 11.1 Å². The standard InChI is InChI=1S/C32H31N3O7S2/c1-31(24-17-9-11-19-26(24)33-43(36,37)22-13-5-3-6-14-22)29-35-28(21-40-29)41-32(2,30(35)42-31)25-18-10-12-20-27(25)34-44(38,39)23-15-7-4-8-16-23/h3-20,28-30,33-34H,21H2,1-2H3/t28-,29-,30-,31+,32-/m0/s1. The summed E-state index contributed by atoms with van der Waals surface area (Å²) in [5.74, 6) is 0. The number of nitrogens with one attached hydrogen (secondary N) is 2. The lowest BCUT2D eigenvalue weighted by molar-refractivity contribution is -0.137. The number of ether oxygens (including phenoxy) is 3. The van der Waals surface area contributed by atoms with E-state index in [1.807, 2.05) is 43.0 Å². The van der Waals surface area contributed by atoms with Crippen molar-refractivity contribution in [3.63, 3.8) is 0 Å². The predicted octanol–water partition coefficient (Wildman–Crippen LogP) is 4.79. The molecule has 5 atom stereocenters. The van der Waals surface area contributed by atoms with Gasteiger partial charge >= 0.3 is 0 Å². The van der Waals surface area contributed by atoms with E-state index in [1.165, 1.54) is 24.3 Å². The molecule has 0 unspecified atom stereocenters. The number of hydrogen-bond acceptors (Lipinski definition) is 8. The molecule has 10 nitrogen and oxygen atoms in total. The molecule has 0 spiro atoms. The number of nitrogens with zero attached hydrogens (tertiary/aromatic N) is 1. The topological polar surface area (TPSA) is 123 Å². The van der Waals surface area contributed by atoms with Gasteiger partial charge in [-0.25, -0.2) is 21.7 Å². The van der Waals surface area contributed by atoms with Crippen LogP contribution in [0.15, 0.2) is 119 Å². The van der Waals surface area contributed by atoms with Crippen molar-refractivity contribution in [1.29, 1.82) is 0 Å². The van der Waals surface area contributed by atoms with Crippen LogP contribution < -0.4 is 9.44 Å². The van der Waals surface area contributed by atoms with Gasteiger partial charge in [0.05, 0.1) is 27.8 Å². The van der Waals surface area contributed by atoms with Gasteiger partial charge in [-0.15, -0.1) is 0 Å². The van der Waals surface area contributed by atoms with Gasteiger partial charge < -0.3 is 14.2 Å². The Morgan fingerprint density at radius 2 is 1.05 bits per heavy atom. The number of sulfonamides is 2. The third-order valence-corrected chi connectivity index (χ3v) is 11.2. The summed E-state index contributed by atoms with van der Waals surface area (Å²) in [6.45, 7) is 4.00. The maximum atomic E-state index is 13.3. The van der Waals surface area contributed by atoms with E-state index in [2.05, 4.69) is 9.44 Å². The molecule has 3 heterocycles. The number of benzene rings is 4. The van der Waals surface area contributed by atoms with Gasteiger partial charge in [-0.2, -0.15) is 0 Å². The van der Waals surface area contributed by atoms with Crippen molar-refractivity contribution >= 4 is 31.4 Å². The average Bonchev–Trinajstić information content (AvgIpc) is 3.66. The monoisotopic (exact) mass is 633 g/mol. The molecule has 0 bridgehead atoms. The highest BCUT2D eigenvalue weighted by Crippen LogP contribution is 2.57. The van der Waals surface area contributed by atoms with E-state index in [0.29, 0.717) is 22.5 Å². The zero-order valence-corrected chi connectivity index (χ0v) is 25.6. The van der Waals surface area contributed by atoms with Crippen LogP contribution in [0.2, 0.25) is 0 Å². The van der Waals surface area contributed by atoms with Crippen molar-refractivity contribution < 1.29 is 31.0 Å². The summed E-state index contributed by atoms with van der Waals surface area (Å²) in [5, 5.41) is 0. The molecule has 0 radical (unpaired) electrons. The first-order chi connectivity index (χ1) is 21.0. The normalized spacial score (nSPS) is 28.1. The second-order valence-electron chi connectivity index (χ2n) is 11.3. The van der Waals surface area contributed by atoms with Crippen LogP contribution in [0.5, 0.6) is 0 Å². The van der Waals surface area contributed by atoms with Crippen molar-refractivity contribution in [3.05, 3.63) is 120 Å². The van der Waals surface area contributed by atoms with Gasteiger partial charge in [-0.05, 0) is 50.2 Å². The van der Waals surface area contributed by atoms with Crippen LogP contribution in [-0.4, -0.2) is 47.0 Å². The molecule has 3 aliphatic heterocycles. The van der Waals surface area contributed by atoms with E-state index in [0.717, 1.165) is 0 Å². The Kier molecular flexibility index (Phi) is 6.85. The molecule has 2 N–H and O–H groups in total. The molecule has 0 aliphatic carbocycles. The molecule has 3 saturated heterocycles. The van der Waals surface area contributed by atoms with E-state index < -0.39 is 49.9 Å². The van der Waals surface area contributed by atoms with Crippen LogP contribution in [0.25, 0.3) is 0 Å². The Morgan fingerprint density at radius 3 is 1.55 bits per heavy atom. The molecule has 12 heteroatoms. The van der Waals surface area contributed by atoms with Gasteiger partial charge in [0.2, 0.25) is 0 Å². The second-order valence-corrected chi connectivity index (χ2v) is 14.7.